The van der Waals surface area contributed by atoms with Gasteiger partial charge in [0.25, 0.3) is 0 Å². The zero-order valence-corrected chi connectivity index (χ0v) is 17.2. The molecule has 0 spiro atoms. The average Bonchev–Trinajstić information content (AvgIpc) is 3.51. The Morgan fingerprint density at radius 1 is 1.14 bits per heavy atom. The molecule has 0 aromatic carbocycles. The van der Waals surface area contributed by atoms with E-state index in [1.807, 2.05) is 11.8 Å². The van der Waals surface area contributed by atoms with Crippen molar-refractivity contribution in [1.29, 1.82) is 0 Å². The predicted molar refractivity (Wildman–Crippen MR) is 105 cm³/mol. The third-order valence-corrected chi connectivity index (χ3v) is 7.47. The van der Waals surface area contributed by atoms with Gasteiger partial charge in [-0.15, -0.1) is 0 Å². The molecule has 29 heavy (non-hydrogen) atoms. The molecule has 1 aliphatic carbocycles. The van der Waals surface area contributed by atoms with Crippen molar-refractivity contribution < 1.29 is 14.2 Å². The lowest BCUT2D eigenvalue weighted by molar-refractivity contribution is -0.140. The standard InChI is InChI=1S/C21H31N5O3/c1-13-17(24-29-23-13)9-20(27)25-11-15-8-16(12-25)19(10-22-21(28)14-5-6-14)26-7-3-2-4-18(15)26/h14-16,18-19H,2-12H2,1H3,(H,22,28)/t15-,16+,18+,19+/m1/s1. The Kier molecular flexibility index (Phi) is 5.05. The molecule has 1 N–H and O–H groups in total. The van der Waals surface area contributed by atoms with E-state index in [1.54, 1.807) is 0 Å². The van der Waals surface area contributed by atoms with Crippen molar-refractivity contribution in [3.05, 3.63) is 11.4 Å². The van der Waals surface area contributed by atoms with Crippen LogP contribution in [0.25, 0.3) is 0 Å². The van der Waals surface area contributed by atoms with Gasteiger partial charge in [0.2, 0.25) is 11.8 Å². The second-order valence-corrected chi connectivity index (χ2v) is 9.42. The van der Waals surface area contributed by atoms with Crippen LogP contribution in [0.2, 0.25) is 0 Å². The Morgan fingerprint density at radius 3 is 2.72 bits per heavy atom. The number of carbonyl (C=O) groups is 2. The molecule has 4 fully saturated rings. The van der Waals surface area contributed by atoms with Crippen LogP contribution >= 0.6 is 0 Å². The van der Waals surface area contributed by atoms with E-state index in [-0.39, 0.29) is 24.2 Å². The highest BCUT2D eigenvalue weighted by atomic mass is 16.6. The largest absolute Gasteiger partial charge is 0.354 e. The second kappa shape index (κ2) is 7.70. The van der Waals surface area contributed by atoms with Crippen molar-refractivity contribution in [3.8, 4) is 0 Å². The maximum Gasteiger partial charge on any atom is 0.228 e. The quantitative estimate of drug-likeness (QED) is 0.796. The Labute approximate surface area is 171 Å². The SMILES string of the molecule is Cc1nonc1CC(=O)N1C[C@H]2C[C@@H](C1)[C@H](CNC(=O)C1CC1)N1CCCC[C@@H]21. The number of aromatic nitrogens is 2. The molecule has 1 aromatic rings. The molecule has 8 nitrogen and oxygen atoms in total. The Hall–Kier alpha value is -1.96. The highest BCUT2D eigenvalue weighted by Crippen LogP contribution is 2.41. The molecule has 3 saturated heterocycles. The maximum atomic E-state index is 13.0. The smallest absolute Gasteiger partial charge is 0.228 e. The molecular weight excluding hydrogens is 370 g/mol. The van der Waals surface area contributed by atoms with Crippen LogP contribution in [0.4, 0.5) is 0 Å². The van der Waals surface area contributed by atoms with E-state index in [4.69, 9.17) is 4.63 Å². The highest BCUT2D eigenvalue weighted by Gasteiger charge is 2.48. The van der Waals surface area contributed by atoms with Gasteiger partial charge in [0.1, 0.15) is 11.4 Å². The van der Waals surface area contributed by atoms with Crippen molar-refractivity contribution >= 4 is 11.8 Å². The van der Waals surface area contributed by atoms with Crippen LogP contribution in [0.15, 0.2) is 4.63 Å². The molecule has 4 heterocycles. The monoisotopic (exact) mass is 401 g/mol. The van der Waals surface area contributed by atoms with Crippen LogP contribution < -0.4 is 5.32 Å². The third-order valence-electron chi connectivity index (χ3n) is 7.47. The lowest BCUT2D eigenvalue weighted by Crippen LogP contribution is -2.66. The first-order valence-electron chi connectivity index (χ1n) is 11.2. The molecule has 158 valence electrons. The third kappa shape index (κ3) is 3.79. The van der Waals surface area contributed by atoms with Crippen molar-refractivity contribution in [2.75, 3.05) is 26.2 Å². The lowest BCUT2D eigenvalue weighted by Gasteiger charge is -2.56. The first-order chi connectivity index (χ1) is 14.1. The van der Waals surface area contributed by atoms with E-state index < -0.39 is 0 Å². The van der Waals surface area contributed by atoms with Gasteiger partial charge in [0.05, 0.1) is 6.42 Å². The van der Waals surface area contributed by atoms with E-state index in [2.05, 4.69) is 20.5 Å². The van der Waals surface area contributed by atoms with Gasteiger partial charge >= 0.3 is 0 Å². The van der Waals surface area contributed by atoms with Crippen molar-refractivity contribution in [2.45, 2.75) is 64.0 Å². The number of nitrogens with zero attached hydrogens (tertiary/aromatic N) is 4. The minimum atomic E-state index is 0.114. The van der Waals surface area contributed by atoms with Gasteiger partial charge in [-0.3, -0.25) is 14.5 Å². The van der Waals surface area contributed by atoms with Crippen molar-refractivity contribution in [2.24, 2.45) is 17.8 Å². The molecule has 2 bridgehead atoms. The Balaban J connectivity index is 1.30. The fourth-order valence-corrected chi connectivity index (χ4v) is 5.75. The summed E-state index contributed by atoms with van der Waals surface area (Å²) >= 11 is 0. The Morgan fingerprint density at radius 2 is 1.97 bits per heavy atom. The number of aryl methyl sites for hydroxylation is 1. The number of hydrogen-bond acceptors (Lipinski definition) is 6. The number of piperidine rings is 3. The van der Waals surface area contributed by atoms with E-state index in [9.17, 15) is 9.59 Å². The molecule has 1 aromatic heterocycles. The normalized spacial score (nSPS) is 32.0. The maximum absolute atomic E-state index is 13.0. The molecule has 4 aliphatic rings. The molecule has 0 unspecified atom stereocenters. The second-order valence-electron chi connectivity index (χ2n) is 9.42. The first kappa shape index (κ1) is 19.0. The van der Waals surface area contributed by atoms with Crippen molar-refractivity contribution in [3.63, 3.8) is 0 Å². The molecule has 4 atom stereocenters. The highest BCUT2D eigenvalue weighted by molar-refractivity contribution is 5.81. The summed E-state index contributed by atoms with van der Waals surface area (Å²) in [4.78, 5) is 30.0. The van der Waals surface area contributed by atoms with Gasteiger partial charge in [0, 0.05) is 37.6 Å². The molecule has 3 aliphatic heterocycles. The minimum absolute atomic E-state index is 0.114. The van der Waals surface area contributed by atoms with Gasteiger partial charge in [-0.05, 0) is 57.4 Å². The molecule has 8 heteroatoms. The van der Waals surface area contributed by atoms with Crippen LogP contribution in [0.5, 0.6) is 0 Å². The summed E-state index contributed by atoms with van der Waals surface area (Å²) in [5, 5.41) is 10.9. The van der Waals surface area contributed by atoms with E-state index in [1.165, 1.54) is 25.7 Å². The summed E-state index contributed by atoms with van der Waals surface area (Å²) in [6.45, 7) is 5.27. The predicted octanol–water partition coefficient (Wildman–Crippen LogP) is 1.15. The van der Waals surface area contributed by atoms with E-state index >= 15 is 0 Å². The minimum Gasteiger partial charge on any atom is -0.354 e. The van der Waals surface area contributed by atoms with Crippen LogP contribution in [0, 0.1) is 24.7 Å². The summed E-state index contributed by atoms with van der Waals surface area (Å²) in [7, 11) is 0. The average molecular weight is 402 g/mol. The van der Waals surface area contributed by atoms with Gasteiger partial charge in [-0.25, -0.2) is 4.63 Å². The molecule has 2 amide bonds. The van der Waals surface area contributed by atoms with E-state index in [0.29, 0.717) is 35.3 Å². The number of rotatable bonds is 5. The van der Waals surface area contributed by atoms with Crippen LogP contribution in [-0.4, -0.2) is 70.2 Å². The molecule has 1 saturated carbocycles. The number of nitrogens with one attached hydrogen (secondary N) is 1. The van der Waals surface area contributed by atoms with Crippen LogP contribution in [-0.2, 0) is 16.0 Å². The zero-order valence-electron chi connectivity index (χ0n) is 17.2. The lowest BCUT2D eigenvalue weighted by atomic mass is 9.72. The summed E-state index contributed by atoms with van der Waals surface area (Å²) in [5.74, 6) is 1.53. The van der Waals surface area contributed by atoms with Crippen molar-refractivity contribution in [1.82, 2.24) is 25.4 Å². The van der Waals surface area contributed by atoms with Gasteiger partial charge in [-0.1, -0.05) is 16.7 Å². The summed E-state index contributed by atoms with van der Waals surface area (Å²) in [6, 6.07) is 0.874. The molecule has 0 radical (unpaired) electrons. The number of likely N-dealkylation sites (tertiary alicyclic amines) is 1. The van der Waals surface area contributed by atoms with E-state index in [0.717, 1.165) is 39.0 Å². The summed E-state index contributed by atoms with van der Waals surface area (Å²) < 4.78 is 4.76. The topological polar surface area (TPSA) is 91.6 Å². The number of amides is 2. The summed E-state index contributed by atoms with van der Waals surface area (Å²) in [6.07, 6.45) is 7.20. The number of fused-ring (bicyclic) bond motifs is 4. The first-order valence-corrected chi connectivity index (χ1v) is 11.2. The Bertz CT molecular complexity index is 776. The summed E-state index contributed by atoms with van der Waals surface area (Å²) in [5.41, 5.74) is 1.33. The molecular formula is C21H31N5O3. The van der Waals surface area contributed by atoms with Crippen LogP contribution in [0.1, 0.15) is 49.9 Å². The number of hydrogen-bond donors (Lipinski definition) is 1. The van der Waals surface area contributed by atoms with Gasteiger partial charge in [-0.2, -0.15) is 0 Å². The van der Waals surface area contributed by atoms with Gasteiger partial charge in [0.15, 0.2) is 0 Å². The van der Waals surface area contributed by atoms with Crippen LogP contribution in [0.3, 0.4) is 0 Å². The molecule has 5 rings (SSSR count). The van der Waals surface area contributed by atoms with Gasteiger partial charge < -0.3 is 10.2 Å². The number of carbonyl (C=O) groups excluding carboxylic acids is 2. The fourth-order valence-electron chi connectivity index (χ4n) is 5.75. The fraction of sp³-hybridized carbons (Fsp3) is 0.810. The zero-order chi connectivity index (χ0) is 20.0.